The summed E-state index contributed by atoms with van der Waals surface area (Å²) >= 11 is 6.05. The minimum absolute atomic E-state index is 0.239. The average molecular weight is 290 g/mol. The number of hydrogen-bond acceptors (Lipinski definition) is 2. The lowest BCUT2D eigenvalue weighted by Gasteiger charge is -2.18. The Morgan fingerprint density at radius 1 is 1.20 bits per heavy atom. The van der Waals surface area contributed by atoms with E-state index in [4.69, 9.17) is 16.3 Å². The third-order valence-corrected chi connectivity index (χ3v) is 3.75. The van der Waals surface area contributed by atoms with E-state index >= 15 is 0 Å². The van der Waals surface area contributed by atoms with Gasteiger partial charge in [0.15, 0.2) is 0 Å². The predicted molar refractivity (Wildman–Crippen MR) is 84.7 cm³/mol. The van der Waals surface area contributed by atoms with E-state index in [1.54, 1.807) is 7.11 Å². The molecule has 0 radical (unpaired) electrons. The van der Waals surface area contributed by atoms with E-state index in [9.17, 15) is 0 Å². The van der Waals surface area contributed by atoms with Gasteiger partial charge in [0.25, 0.3) is 0 Å². The summed E-state index contributed by atoms with van der Waals surface area (Å²) in [6.07, 6.45) is 0.892. The van der Waals surface area contributed by atoms with Gasteiger partial charge in [-0.05, 0) is 55.3 Å². The van der Waals surface area contributed by atoms with Crippen molar-refractivity contribution in [1.82, 2.24) is 5.32 Å². The molecule has 0 spiro atoms. The number of nitrogens with one attached hydrogen (secondary N) is 1. The number of rotatable bonds is 5. The molecule has 0 aliphatic rings. The fourth-order valence-electron chi connectivity index (χ4n) is 2.34. The van der Waals surface area contributed by atoms with Crippen LogP contribution in [0.4, 0.5) is 0 Å². The van der Waals surface area contributed by atoms with Crippen molar-refractivity contribution in [2.45, 2.75) is 19.4 Å². The van der Waals surface area contributed by atoms with Crippen LogP contribution >= 0.6 is 11.6 Å². The molecule has 2 aromatic rings. The lowest BCUT2D eigenvalue weighted by Crippen LogP contribution is -2.19. The number of likely N-dealkylation sites (N-methyl/N-ethyl adjacent to an activating group) is 1. The Balaban J connectivity index is 2.24. The molecule has 1 N–H and O–H groups in total. The fourth-order valence-corrected chi connectivity index (χ4v) is 2.55. The van der Waals surface area contributed by atoms with E-state index in [2.05, 4.69) is 29.6 Å². The van der Waals surface area contributed by atoms with Gasteiger partial charge in [-0.15, -0.1) is 0 Å². The van der Waals surface area contributed by atoms with Gasteiger partial charge in [0, 0.05) is 11.1 Å². The van der Waals surface area contributed by atoms with Crippen molar-refractivity contribution < 1.29 is 4.74 Å². The quantitative estimate of drug-likeness (QED) is 0.892. The van der Waals surface area contributed by atoms with Gasteiger partial charge < -0.3 is 10.1 Å². The number of methoxy groups -OCH3 is 1. The molecule has 1 atom stereocenters. The zero-order chi connectivity index (χ0) is 14.5. The van der Waals surface area contributed by atoms with Crippen molar-refractivity contribution in [3.63, 3.8) is 0 Å². The summed E-state index contributed by atoms with van der Waals surface area (Å²) in [6.45, 7) is 2.05. The minimum Gasteiger partial charge on any atom is -0.496 e. The van der Waals surface area contributed by atoms with Gasteiger partial charge in [-0.1, -0.05) is 35.9 Å². The summed E-state index contributed by atoms with van der Waals surface area (Å²) in [5, 5.41) is 4.14. The molecule has 0 aliphatic carbocycles. The van der Waals surface area contributed by atoms with Crippen LogP contribution in [0.15, 0.2) is 42.5 Å². The maximum atomic E-state index is 6.05. The molecule has 0 saturated heterocycles. The number of benzene rings is 2. The van der Waals surface area contributed by atoms with Crippen LogP contribution in [0.2, 0.25) is 5.02 Å². The minimum atomic E-state index is 0.239. The number of aryl methyl sites for hydroxylation is 1. The van der Waals surface area contributed by atoms with Crippen LogP contribution in [0.25, 0.3) is 0 Å². The van der Waals surface area contributed by atoms with Crippen molar-refractivity contribution in [2.75, 3.05) is 14.2 Å². The summed E-state index contributed by atoms with van der Waals surface area (Å²) in [4.78, 5) is 0. The molecule has 0 amide bonds. The van der Waals surface area contributed by atoms with Gasteiger partial charge in [-0.3, -0.25) is 0 Å². The topological polar surface area (TPSA) is 21.3 Å². The van der Waals surface area contributed by atoms with E-state index in [0.29, 0.717) is 0 Å². The normalized spacial score (nSPS) is 12.2. The van der Waals surface area contributed by atoms with E-state index < -0.39 is 0 Å². The zero-order valence-electron chi connectivity index (χ0n) is 12.1. The van der Waals surface area contributed by atoms with Gasteiger partial charge in [0.1, 0.15) is 5.75 Å². The van der Waals surface area contributed by atoms with Crippen LogP contribution in [-0.4, -0.2) is 14.2 Å². The number of halogens is 1. The Morgan fingerprint density at radius 2 is 2.00 bits per heavy atom. The molecule has 2 rings (SSSR count). The van der Waals surface area contributed by atoms with Gasteiger partial charge in [0.05, 0.1) is 7.11 Å². The second kappa shape index (κ2) is 6.78. The molecular formula is C17H20ClNO. The highest BCUT2D eigenvalue weighted by Gasteiger charge is 2.12. The van der Waals surface area contributed by atoms with E-state index in [1.165, 1.54) is 11.1 Å². The van der Waals surface area contributed by atoms with Crippen molar-refractivity contribution in [1.29, 1.82) is 0 Å². The summed E-state index contributed by atoms with van der Waals surface area (Å²) in [6, 6.07) is 14.6. The van der Waals surface area contributed by atoms with Gasteiger partial charge >= 0.3 is 0 Å². The summed E-state index contributed by atoms with van der Waals surface area (Å²) < 4.78 is 5.40. The molecule has 20 heavy (non-hydrogen) atoms. The molecule has 0 aromatic heterocycles. The Bertz CT molecular complexity index is 583. The van der Waals surface area contributed by atoms with Crippen molar-refractivity contribution in [3.05, 3.63) is 64.2 Å². The molecule has 3 heteroatoms. The van der Waals surface area contributed by atoms with E-state index in [-0.39, 0.29) is 6.04 Å². The Kier molecular flexibility index (Phi) is 5.05. The maximum Gasteiger partial charge on any atom is 0.122 e. The van der Waals surface area contributed by atoms with Crippen LogP contribution in [0, 0.1) is 6.92 Å². The number of ether oxygens (including phenoxy) is 1. The van der Waals surface area contributed by atoms with E-state index in [1.807, 2.05) is 32.2 Å². The highest BCUT2D eigenvalue weighted by molar-refractivity contribution is 6.30. The van der Waals surface area contributed by atoms with E-state index in [0.717, 1.165) is 22.8 Å². The first-order valence-corrected chi connectivity index (χ1v) is 7.08. The average Bonchev–Trinajstić information content (AvgIpc) is 2.45. The molecule has 0 bridgehead atoms. The first kappa shape index (κ1) is 14.9. The molecule has 2 nitrogen and oxygen atoms in total. The molecular weight excluding hydrogens is 270 g/mol. The molecule has 0 heterocycles. The van der Waals surface area contributed by atoms with Crippen molar-refractivity contribution >= 4 is 11.6 Å². The van der Waals surface area contributed by atoms with Crippen LogP contribution in [0.5, 0.6) is 5.75 Å². The first-order chi connectivity index (χ1) is 9.63. The highest BCUT2D eigenvalue weighted by atomic mass is 35.5. The largest absolute Gasteiger partial charge is 0.496 e. The SMILES string of the molecule is CNC(Cc1cccc(Cl)c1)c1ccc(C)c(OC)c1. The smallest absolute Gasteiger partial charge is 0.122 e. The third kappa shape index (κ3) is 3.53. The molecule has 0 saturated carbocycles. The van der Waals surface area contributed by atoms with Crippen molar-refractivity contribution in [2.24, 2.45) is 0 Å². The standard InChI is InChI=1S/C17H20ClNO/c1-12-7-8-14(11-17(12)20-3)16(19-2)10-13-5-4-6-15(18)9-13/h4-9,11,16,19H,10H2,1-3H3. The summed E-state index contributed by atoms with van der Waals surface area (Å²) in [7, 11) is 3.68. The lowest BCUT2D eigenvalue weighted by atomic mass is 9.98. The van der Waals surface area contributed by atoms with Crippen LogP contribution in [-0.2, 0) is 6.42 Å². The van der Waals surface area contributed by atoms with Crippen LogP contribution in [0.3, 0.4) is 0 Å². The highest BCUT2D eigenvalue weighted by Crippen LogP contribution is 2.25. The summed E-state index contributed by atoms with van der Waals surface area (Å²) in [5.41, 5.74) is 3.58. The number of hydrogen-bond donors (Lipinski definition) is 1. The van der Waals surface area contributed by atoms with Gasteiger partial charge in [-0.2, -0.15) is 0 Å². The lowest BCUT2D eigenvalue weighted by molar-refractivity contribution is 0.410. The Labute approximate surface area is 125 Å². The Morgan fingerprint density at radius 3 is 2.65 bits per heavy atom. The first-order valence-electron chi connectivity index (χ1n) is 6.70. The maximum absolute atomic E-state index is 6.05. The molecule has 106 valence electrons. The summed E-state index contributed by atoms with van der Waals surface area (Å²) in [5.74, 6) is 0.925. The van der Waals surface area contributed by atoms with Gasteiger partial charge in [-0.25, -0.2) is 0 Å². The second-order valence-electron chi connectivity index (χ2n) is 4.90. The fraction of sp³-hybridized carbons (Fsp3) is 0.294. The molecule has 2 aromatic carbocycles. The molecule has 1 unspecified atom stereocenters. The van der Waals surface area contributed by atoms with Crippen molar-refractivity contribution in [3.8, 4) is 5.75 Å². The molecule has 0 aliphatic heterocycles. The second-order valence-corrected chi connectivity index (χ2v) is 5.34. The third-order valence-electron chi connectivity index (χ3n) is 3.51. The monoisotopic (exact) mass is 289 g/mol. The van der Waals surface area contributed by atoms with Gasteiger partial charge in [0.2, 0.25) is 0 Å². The van der Waals surface area contributed by atoms with Crippen LogP contribution in [0.1, 0.15) is 22.7 Å². The Hall–Kier alpha value is -1.51. The van der Waals surface area contributed by atoms with Crippen LogP contribution < -0.4 is 10.1 Å². The predicted octanol–water partition coefficient (Wildman–Crippen LogP) is 4.16. The zero-order valence-corrected chi connectivity index (χ0v) is 12.9. The molecule has 0 fully saturated rings.